The zero-order chi connectivity index (χ0) is 21.9. The Hall–Kier alpha value is -2.17. The van der Waals surface area contributed by atoms with E-state index in [1.165, 1.54) is 14.9 Å². The van der Waals surface area contributed by atoms with Gasteiger partial charge in [0, 0.05) is 37.3 Å². The van der Waals surface area contributed by atoms with Crippen LogP contribution in [-0.4, -0.2) is 49.4 Å². The van der Waals surface area contributed by atoms with Gasteiger partial charge in [-0.15, -0.1) is 0 Å². The minimum atomic E-state index is -3.65. The minimum absolute atomic E-state index is 0.110. The molecule has 2 heterocycles. The lowest BCUT2D eigenvalue weighted by Gasteiger charge is -2.24. The summed E-state index contributed by atoms with van der Waals surface area (Å²) in [6.45, 7) is 7.71. The van der Waals surface area contributed by atoms with Crippen molar-refractivity contribution in [3.8, 4) is 0 Å². The van der Waals surface area contributed by atoms with Crippen LogP contribution in [0.3, 0.4) is 0 Å². The molecule has 3 rings (SSSR count). The lowest BCUT2D eigenvalue weighted by molar-refractivity contribution is -0.116. The van der Waals surface area contributed by atoms with Crippen molar-refractivity contribution < 1.29 is 13.2 Å². The Bertz CT molecular complexity index is 1060. The lowest BCUT2D eigenvalue weighted by Crippen LogP contribution is -2.31. The van der Waals surface area contributed by atoms with Gasteiger partial charge in [0.15, 0.2) is 0 Å². The molecule has 1 aromatic heterocycles. The molecule has 1 fully saturated rings. The molecule has 0 radical (unpaired) electrons. The van der Waals surface area contributed by atoms with Crippen LogP contribution in [0.1, 0.15) is 32.4 Å². The molecular weight excluding hydrogens is 424 g/mol. The number of aryl methyl sites for hydroxylation is 1. The SMILES string of the molecule is CCN(CC)S(=O)(=O)c1ccc(N2CCCC2)c(NC(=O)Cn2c(C)csc2=O)c1. The molecule has 1 aliphatic heterocycles. The van der Waals surface area contributed by atoms with E-state index in [4.69, 9.17) is 0 Å². The van der Waals surface area contributed by atoms with Crippen molar-refractivity contribution in [3.63, 3.8) is 0 Å². The van der Waals surface area contributed by atoms with Crippen LogP contribution < -0.4 is 15.1 Å². The maximum atomic E-state index is 13.0. The predicted molar refractivity (Wildman–Crippen MR) is 120 cm³/mol. The number of hydrogen-bond acceptors (Lipinski definition) is 6. The smallest absolute Gasteiger partial charge is 0.307 e. The number of hydrogen-bond donors (Lipinski definition) is 1. The summed E-state index contributed by atoms with van der Waals surface area (Å²) in [7, 11) is -3.65. The van der Waals surface area contributed by atoms with Gasteiger partial charge in [-0.1, -0.05) is 25.2 Å². The number of thiazole rings is 1. The van der Waals surface area contributed by atoms with Crippen LogP contribution in [-0.2, 0) is 21.4 Å². The molecule has 0 bridgehead atoms. The maximum absolute atomic E-state index is 13.0. The highest BCUT2D eigenvalue weighted by molar-refractivity contribution is 7.89. The zero-order valence-corrected chi connectivity index (χ0v) is 19.2. The molecular formula is C20H28N4O4S2. The second-order valence-corrected chi connectivity index (χ2v) is 10.00. The van der Waals surface area contributed by atoms with Gasteiger partial charge in [-0.2, -0.15) is 4.31 Å². The van der Waals surface area contributed by atoms with Crippen LogP contribution >= 0.6 is 11.3 Å². The van der Waals surface area contributed by atoms with Gasteiger partial charge in [0.25, 0.3) is 0 Å². The van der Waals surface area contributed by atoms with Crippen molar-refractivity contribution >= 4 is 38.6 Å². The molecule has 0 spiro atoms. The monoisotopic (exact) mass is 452 g/mol. The van der Waals surface area contributed by atoms with Crippen LogP contribution in [0.25, 0.3) is 0 Å². The fraction of sp³-hybridized carbons (Fsp3) is 0.500. The summed E-state index contributed by atoms with van der Waals surface area (Å²) in [5.41, 5.74) is 1.97. The second kappa shape index (κ2) is 9.32. The fourth-order valence-electron chi connectivity index (χ4n) is 3.65. The van der Waals surface area contributed by atoms with E-state index in [-0.39, 0.29) is 22.2 Å². The number of benzene rings is 1. The number of rotatable bonds is 8. The van der Waals surface area contributed by atoms with Crippen molar-refractivity contribution in [2.75, 3.05) is 36.4 Å². The van der Waals surface area contributed by atoms with Crippen molar-refractivity contribution in [1.29, 1.82) is 0 Å². The summed E-state index contributed by atoms with van der Waals surface area (Å²) < 4.78 is 28.7. The number of amides is 1. The van der Waals surface area contributed by atoms with Crippen molar-refractivity contribution in [3.05, 3.63) is 38.9 Å². The van der Waals surface area contributed by atoms with Gasteiger partial charge in [-0.05, 0) is 38.0 Å². The Morgan fingerprint density at radius 1 is 1.20 bits per heavy atom. The highest BCUT2D eigenvalue weighted by atomic mass is 32.2. The number of carbonyl (C=O) groups excluding carboxylic acids is 1. The van der Waals surface area contributed by atoms with Crippen LogP contribution in [0.5, 0.6) is 0 Å². The molecule has 1 amide bonds. The van der Waals surface area contributed by atoms with E-state index in [0.29, 0.717) is 18.8 Å². The second-order valence-electron chi connectivity index (χ2n) is 7.24. The largest absolute Gasteiger partial charge is 0.370 e. The molecule has 1 aliphatic rings. The van der Waals surface area contributed by atoms with Crippen molar-refractivity contribution in [2.45, 2.75) is 45.1 Å². The molecule has 2 aromatic rings. The Labute approximate surface area is 181 Å². The van der Waals surface area contributed by atoms with Crippen LogP contribution in [0.15, 0.2) is 33.3 Å². The third kappa shape index (κ3) is 4.60. The normalized spacial score (nSPS) is 14.5. The topological polar surface area (TPSA) is 91.7 Å². The highest BCUT2D eigenvalue weighted by Gasteiger charge is 2.25. The molecule has 1 saturated heterocycles. The molecule has 0 atom stereocenters. The quantitative estimate of drug-likeness (QED) is 0.664. The average Bonchev–Trinajstić information content (AvgIpc) is 3.34. The van der Waals surface area contributed by atoms with E-state index in [9.17, 15) is 18.0 Å². The van der Waals surface area contributed by atoms with Crippen LogP contribution in [0, 0.1) is 6.92 Å². The molecule has 8 nitrogen and oxygen atoms in total. The minimum Gasteiger partial charge on any atom is -0.370 e. The van der Waals surface area contributed by atoms with Gasteiger partial charge in [-0.3, -0.25) is 14.2 Å². The first-order valence-corrected chi connectivity index (χ1v) is 12.4. The van der Waals surface area contributed by atoms with E-state index in [1.807, 2.05) is 0 Å². The van der Waals surface area contributed by atoms with Crippen molar-refractivity contribution in [2.24, 2.45) is 0 Å². The Kier molecular flexibility index (Phi) is 6.99. The molecule has 1 N–H and O–H groups in total. The Morgan fingerprint density at radius 3 is 2.43 bits per heavy atom. The lowest BCUT2D eigenvalue weighted by atomic mass is 10.2. The first-order chi connectivity index (χ1) is 14.3. The molecule has 1 aromatic carbocycles. The summed E-state index contributed by atoms with van der Waals surface area (Å²) in [4.78, 5) is 26.7. The average molecular weight is 453 g/mol. The third-order valence-corrected chi connectivity index (χ3v) is 8.24. The number of aromatic nitrogens is 1. The van der Waals surface area contributed by atoms with Crippen molar-refractivity contribution in [1.82, 2.24) is 8.87 Å². The van der Waals surface area contributed by atoms with E-state index in [0.717, 1.165) is 48.6 Å². The first kappa shape index (κ1) is 22.5. The fourth-order valence-corrected chi connectivity index (χ4v) is 5.87. The number of sulfonamides is 1. The number of anilines is 2. The number of nitrogens with zero attached hydrogens (tertiary/aromatic N) is 3. The van der Waals surface area contributed by atoms with Gasteiger partial charge in [0.05, 0.1) is 16.3 Å². The molecule has 10 heteroatoms. The van der Waals surface area contributed by atoms with E-state index in [1.54, 1.807) is 38.3 Å². The molecule has 164 valence electrons. The molecule has 0 unspecified atom stereocenters. The van der Waals surface area contributed by atoms with Gasteiger partial charge >= 0.3 is 4.87 Å². The molecule has 30 heavy (non-hydrogen) atoms. The summed E-state index contributed by atoms with van der Waals surface area (Å²) >= 11 is 1.05. The van der Waals surface area contributed by atoms with Crippen LogP contribution in [0.2, 0.25) is 0 Å². The van der Waals surface area contributed by atoms with Gasteiger partial charge in [0.1, 0.15) is 6.54 Å². The summed E-state index contributed by atoms with van der Waals surface area (Å²) in [5, 5.41) is 4.56. The van der Waals surface area contributed by atoms with Gasteiger partial charge in [-0.25, -0.2) is 8.42 Å². The standard InChI is InChI=1S/C20H28N4O4S2/c1-4-23(5-2)30(27,28)16-8-9-18(22-10-6-7-11-22)17(12-16)21-19(25)13-24-15(3)14-29-20(24)26/h8-9,12,14H,4-7,10-11,13H2,1-3H3,(H,21,25). The van der Waals surface area contributed by atoms with Crippen LogP contribution in [0.4, 0.5) is 11.4 Å². The zero-order valence-electron chi connectivity index (χ0n) is 17.6. The summed E-state index contributed by atoms with van der Waals surface area (Å²) in [5.74, 6) is -0.364. The molecule has 0 saturated carbocycles. The number of nitrogens with one attached hydrogen (secondary N) is 1. The number of carbonyl (C=O) groups is 1. The third-order valence-electron chi connectivity index (χ3n) is 5.31. The highest BCUT2D eigenvalue weighted by Crippen LogP contribution is 2.32. The maximum Gasteiger partial charge on any atom is 0.307 e. The Morgan fingerprint density at radius 2 is 1.87 bits per heavy atom. The summed E-state index contributed by atoms with van der Waals surface area (Å²) in [6, 6.07) is 4.90. The van der Waals surface area contributed by atoms with E-state index in [2.05, 4.69) is 10.2 Å². The Balaban J connectivity index is 1.95. The van der Waals surface area contributed by atoms with E-state index < -0.39 is 10.0 Å². The van der Waals surface area contributed by atoms with Gasteiger partial charge < -0.3 is 10.2 Å². The summed E-state index contributed by atoms with van der Waals surface area (Å²) in [6.07, 6.45) is 2.10. The predicted octanol–water partition coefficient (Wildman–Crippen LogP) is 2.49. The van der Waals surface area contributed by atoms with E-state index >= 15 is 0 Å². The van der Waals surface area contributed by atoms with Gasteiger partial charge in [0.2, 0.25) is 15.9 Å². The molecule has 0 aliphatic carbocycles. The first-order valence-electron chi connectivity index (χ1n) is 10.1.